The number of carboxylic acids is 1. The van der Waals surface area contributed by atoms with E-state index in [1.54, 1.807) is 0 Å². The van der Waals surface area contributed by atoms with Crippen molar-refractivity contribution in [2.75, 3.05) is 0 Å². The van der Waals surface area contributed by atoms with Crippen LogP contribution in [0.2, 0.25) is 0 Å². The molecule has 0 radical (unpaired) electrons. The van der Waals surface area contributed by atoms with Crippen LogP contribution in [0.1, 0.15) is 11.1 Å². The standard InChI is InChI=1S/C18H16O8/c19-9-12(5-10-1-3-13(20)15(22)6-10)26-17(18(24)25)8-11-2-4-14(21)16(23)7-11/h1-7,9,17,20-23H,8H2,(H,24,25). The van der Waals surface area contributed by atoms with Crippen molar-refractivity contribution in [1.29, 1.82) is 0 Å². The van der Waals surface area contributed by atoms with Crippen molar-refractivity contribution in [2.24, 2.45) is 0 Å². The summed E-state index contributed by atoms with van der Waals surface area (Å²) in [6, 6.07) is 7.59. The molecule has 26 heavy (non-hydrogen) atoms. The summed E-state index contributed by atoms with van der Waals surface area (Å²) in [6.07, 6.45) is -0.0826. The number of rotatable bonds is 7. The van der Waals surface area contributed by atoms with E-state index in [-0.39, 0.29) is 23.7 Å². The van der Waals surface area contributed by atoms with Crippen molar-refractivity contribution in [3.63, 3.8) is 0 Å². The Morgan fingerprint density at radius 1 is 0.962 bits per heavy atom. The van der Waals surface area contributed by atoms with Crippen molar-refractivity contribution in [3.8, 4) is 23.0 Å². The molecule has 136 valence electrons. The van der Waals surface area contributed by atoms with Crippen LogP contribution in [0.3, 0.4) is 0 Å². The van der Waals surface area contributed by atoms with E-state index in [4.69, 9.17) is 4.74 Å². The molecule has 0 aromatic heterocycles. The van der Waals surface area contributed by atoms with Gasteiger partial charge in [-0.2, -0.15) is 0 Å². The SMILES string of the molecule is O=CC(=Cc1ccc(O)c(O)c1)OC(Cc1ccc(O)c(O)c1)C(=O)O. The van der Waals surface area contributed by atoms with Gasteiger partial charge in [-0.3, -0.25) is 4.79 Å². The van der Waals surface area contributed by atoms with Gasteiger partial charge in [-0.05, 0) is 41.5 Å². The molecule has 1 atom stereocenters. The third-order valence-corrected chi connectivity index (χ3v) is 3.44. The largest absolute Gasteiger partial charge is 0.504 e. The monoisotopic (exact) mass is 360 g/mol. The van der Waals surface area contributed by atoms with Crippen LogP contribution in [-0.4, -0.2) is 43.9 Å². The molecule has 2 aromatic rings. The van der Waals surface area contributed by atoms with Crippen LogP contribution in [0.4, 0.5) is 0 Å². The molecule has 0 spiro atoms. The minimum atomic E-state index is -1.43. The lowest BCUT2D eigenvalue weighted by Crippen LogP contribution is -2.26. The fraction of sp³-hybridized carbons (Fsp3) is 0.111. The van der Waals surface area contributed by atoms with Crippen molar-refractivity contribution in [1.82, 2.24) is 0 Å². The summed E-state index contributed by atoms with van der Waals surface area (Å²) in [5.74, 6) is -3.13. The van der Waals surface area contributed by atoms with Crippen LogP contribution in [0.15, 0.2) is 42.2 Å². The second kappa shape index (κ2) is 7.93. The van der Waals surface area contributed by atoms with E-state index in [1.807, 2.05) is 0 Å². The third kappa shape index (κ3) is 4.67. The van der Waals surface area contributed by atoms with Crippen molar-refractivity contribution < 1.29 is 39.9 Å². The summed E-state index contributed by atoms with van der Waals surface area (Å²) in [5.41, 5.74) is 0.689. The number of aromatic hydroxyl groups is 4. The summed E-state index contributed by atoms with van der Waals surface area (Å²) in [7, 11) is 0. The van der Waals surface area contributed by atoms with Crippen LogP contribution < -0.4 is 0 Å². The second-order valence-electron chi connectivity index (χ2n) is 5.38. The van der Waals surface area contributed by atoms with Crippen LogP contribution in [0.25, 0.3) is 6.08 Å². The number of benzene rings is 2. The number of phenols is 4. The summed E-state index contributed by atoms with van der Waals surface area (Å²) < 4.78 is 5.21. The molecule has 0 aliphatic rings. The number of allylic oxidation sites excluding steroid dienone is 1. The number of carboxylic acid groups (broad SMARTS) is 1. The molecule has 1 unspecified atom stereocenters. The third-order valence-electron chi connectivity index (χ3n) is 3.44. The lowest BCUT2D eigenvalue weighted by molar-refractivity contribution is -0.147. The average molecular weight is 360 g/mol. The van der Waals surface area contributed by atoms with E-state index < -0.39 is 23.6 Å². The predicted molar refractivity (Wildman–Crippen MR) is 89.8 cm³/mol. The maximum Gasteiger partial charge on any atom is 0.345 e. The minimum absolute atomic E-state index is 0.171. The zero-order valence-electron chi connectivity index (χ0n) is 13.4. The number of ether oxygens (including phenoxy) is 1. The predicted octanol–water partition coefficient (Wildman–Crippen LogP) is 1.76. The molecule has 2 aromatic carbocycles. The topological polar surface area (TPSA) is 145 Å². The fourth-order valence-electron chi connectivity index (χ4n) is 2.14. The number of hydrogen-bond donors (Lipinski definition) is 5. The quantitative estimate of drug-likeness (QED) is 0.217. The van der Waals surface area contributed by atoms with Crippen LogP contribution in [-0.2, 0) is 20.7 Å². The summed E-state index contributed by atoms with van der Waals surface area (Å²) >= 11 is 0. The number of hydrogen-bond acceptors (Lipinski definition) is 7. The van der Waals surface area contributed by atoms with E-state index in [0.29, 0.717) is 17.4 Å². The zero-order chi connectivity index (χ0) is 19.3. The van der Waals surface area contributed by atoms with Crippen molar-refractivity contribution in [2.45, 2.75) is 12.5 Å². The van der Waals surface area contributed by atoms with Crippen LogP contribution in [0, 0.1) is 0 Å². The highest BCUT2D eigenvalue weighted by Crippen LogP contribution is 2.27. The van der Waals surface area contributed by atoms with Gasteiger partial charge in [0.2, 0.25) is 0 Å². The molecule has 8 nitrogen and oxygen atoms in total. The molecule has 5 N–H and O–H groups in total. The van der Waals surface area contributed by atoms with Gasteiger partial charge in [-0.1, -0.05) is 12.1 Å². The summed E-state index contributed by atoms with van der Waals surface area (Å²) in [4.78, 5) is 22.6. The number of aldehydes is 1. The first-order chi connectivity index (χ1) is 12.3. The Morgan fingerprint density at radius 3 is 2.12 bits per heavy atom. The minimum Gasteiger partial charge on any atom is -0.504 e. The lowest BCUT2D eigenvalue weighted by Gasteiger charge is -2.15. The summed E-state index contributed by atoms with van der Waals surface area (Å²) in [6.45, 7) is 0. The van der Waals surface area contributed by atoms with E-state index >= 15 is 0 Å². The molecule has 0 amide bonds. The smallest absolute Gasteiger partial charge is 0.345 e. The molecule has 0 bridgehead atoms. The molecule has 0 saturated carbocycles. The highest BCUT2D eigenvalue weighted by atomic mass is 16.5. The second-order valence-corrected chi connectivity index (χ2v) is 5.38. The Morgan fingerprint density at radius 2 is 1.58 bits per heavy atom. The number of phenolic OH excluding ortho intramolecular Hbond substituents is 4. The Bertz CT molecular complexity index is 856. The van der Waals surface area contributed by atoms with Crippen LogP contribution >= 0.6 is 0 Å². The average Bonchev–Trinajstić information content (AvgIpc) is 2.59. The maximum atomic E-state index is 11.4. The maximum absolute atomic E-state index is 11.4. The Kier molecular flexibility index (Phi) is 5.69. The van der Waals surface area contributed by atoms with Gasteiger partial charge in [0.1, 0.15) is 0 Å². The first-order valence-corrected chi connectivity index (χ1v) is 7.39. The Balaban J connectivity index is 2.21. The molecule has 8 heteroatoms. The molecular weight excluding hydrogens is 344 g/mol. The molecule has 0 fully saturated rings. The normalized spacial score (nSPS) is 12.4. The van der Waals surface area contributed by atoms with Crippen molar-refractivity contribution >= 4 is 18.3 Å². The molecule has 0 aliphatic heterocycles. The summed E-state index contributed by atoms with van der Waals surface area (Å²) in [5, 5.41) is 46.8. The van der Waals surface area contributed by atoms with Gasteiger partial charge in [0.25, 0.3) is 0 Å². The number of carbonyl (C=O) groups excluding carboxylic acids is 1. The van der Waals surface area contributed by atoms with Gasteiger partial charge in [0.15, 0.2) is 41.1 Å². The first kappa shape index (κ1) is 18.7. The van der Waals surface area contributed by atoms with E-state index in [9.17, 15) is 35.1 Å². The number of aliphatic carboxylic acids is 1. The zero-order valence-corrected chi connectivity index (χ0v) is 13.4. The molecule has 0 heterocycles. The molecular formula is C18H16O8. The fourth-order valence-corrected chi connectivity index (χ4v) is 2.14. The van der Waals surface area contributed by atoms with Gasteiger partial charge < -0.3 is 30.3 Å². The van der Waals surface area contributed by atoms with E-state index in [1.165, 1.54) is 42.5 Å². The van der Waals surface area contributed by atoms with Gasteiger partial charge >= 0.3 is 5.97 Å². The van der Waals surface area contributed by atoms with Crippen LogP contribution in [0.5, 0.6) is 23.0 Å². The van der Waals surface area contributed by atoms with Gasteiger partial charge in [-0.15, -0.1) is 0 Å². The Hall–Kier alpha value is -3.68. The first-order valence-electron chi connectivity index (χ1n) is 7.39. The van der Waals surface area contributed by atoms with E-state index in [0.717, 1.165) is 0 Å². The van der Waals surface area contributed by atoms with Gasteiger partial charge in [0, 0.05) is 6.42 Å². The van der Waals surface area contributed by atoms with E-state index in [2.05, 4.69) is 0 Å². The molecule has 2 rings (SSSR count). The number of carbonyl (C=O) groups is 2. The van der Waals surface area contributed by atoms with Gasteiger partial charge in [-0.25, -0.2) is 4.79 Å². The molecule has 0 saturated heterocycles. The van der Waals surface area contributed by atoms with Gasteiger partial charge in [0.05, 0.1) is 0 Å². The molecule has 0 aliphatic carbocycles. The lowest BCUT2D eigenvalue weighted by atomic mass is 10.1. The highest BCUT2D eigenvalue weighted by molar-refractivity contribution is 5.81. The highest BCUT2D eigenvalue weighted by Gasteiger charge is 2.21. The van der Waals surface area contributed by atoms with Crippen molar-refractivity contribution in [3.05, 3.63) is 53.3 Å². The Labute approximate surface area is 147 Å².